The molecular formula is C8H15NO2. The molecule has 1 aliphatic carbocycles. The van der Waals surface area contributed by atoms with Crippen LogP contribution in [0.2, 0.25) is 0 Å². The lowest BCUT2D eigenvalue weighted by Crippen LogP contribution is -2.50. The zero-order chi connectivity index (χ0) is 8.27. The Morgan fingerprint density at radius 2 is 2.36 bits per heavy atom. The Morgan fingerprint density at radius 1 is 1.64 bits per heavy atom. The number of hydrogen-bond donors (Lipinski definition) is 2. The van der Waals surface area contributed by atoms with Gasteiger partial charge in [-0.1, -0.05) is 6.92 Å². The Kier molecular flexibility index (Phi) is 2.88. The maximum atomic E-state index is 11.0. The van der Waals surface area contributed by atoms with Gasteiger partial charge in [-0.2, -0.15) is 0 Å². The minimum atomic E-state index is -0.296. The summed E-state index contributed by atoms with van der Waals surface area (Å²) in [5.41, 5.74) is 0. The van der Waals surface area contributed by atoms with Crippen molar-refractivity contribution in [3.05, 3.63) is 0 Å². The fourth-order valence-corrected chi connectivity index (χ4v) is 1.16. The SMILES string of the molecule is CCCC(=O)NC1CCC1O. The molecule has 2 unspecified atom stereocenters. The minimum Gasteiger partial charge on any atom is -0.391 e. The molecule has 3 nitrogen and oxygen atoms in total. The number of nitrogens with one attached hydrogen (secondary N) is 1. The van der Waals surface area contributed by atoms with E-state index in [1.165, 1.54) is 0 Å². The first kappa shape index (κ1) is 8.53. The molecule has 2 N–H and O–H groups in total. The van der Waals surface area contributed by atoms with Gasteiger partial charge in [0.15, 0.2) is 0 Å². The Bertz CT molecular complexity index is 147. The second-order valence-electron chi connectivity index (χ2n) is 3.07. The Balaban J connectivity index is 2.14. The van der Waals surface area contributed by atoms with Gasteiger partial charge in [-0.05, 0) is 19.3 Å². The molecule has 1 saturated carbocycles. The standard InChI is InChI=1S/C8H15NO2/c1-2-3-8(11)9-6-4-5-7(6)10/h6-7,10H,2-5H2,1H3,(H,9,11). The highest BCUT2D eigenvalue weighted by Crippen LogP contribution is 2.19. The summed E-state index contributed by atoms with van der Waals surface area (Å²) in [5.74, 6) is 0.0660. The molecule has 0 spiro atoms. The molecule has 1 amide bonds. The Hall–Kier alpha value is -0.570. The topological polar surface area (TPSA) is 49.3 Å². The zero-order valence-electron chi connectivity index (χ0n) is 6.84. The van der Waals surface area contributed by atoms with Gasteiger partial charge in [0.1, 0.15) is 0 Å². The van der Waals surface area contributed by atoms with Crippen LogP contribution in [0.4, 0.5) is 0 Å². The molecule has 1 fully saturated rings. The van der Waals surface area contributed by atoms with Gasteiger partial charge in [-0.3, -0.25) is 4.79 Å². The maximum absolute atomic E-state index is 11.0. The predicted molar refractivity (Wildman–Crippen MR) is 42.1 cm³/mol. The summed E-state index contributed by atoms with van der Waals surface area (Å²) in [4.78, 5) is 11.0. The molecule has 0 aromatic carbocycles. The summed E-state index contributed by atoms with van der Waals surface area (Å²) in [6.45, 7) is 1.97. The highest BCUT2D eigenvalue weighted by Gasteiger charge is 2.29. The third-order valence-corrected chi connectivity index (χ3v) is 2.06. The first-order valence-corrected chi connectivity index (χ1v) is 4.21. The third-order valence-electron chi connectivity index (χ3n) is 2.06. The van der Waals surface area contributed by atoms with Crippen LogP contribution in [-0.2, 0) is 4.79 Å². The highest BCUT2D eigenvalue weighted by atomic mass is 16.3. The lowest BCUT2D eigenvalue weighted by atomic mass is 9.89. The van der Waals surface area contributed by atoms with Gasteiger partial charge >= 0.3 is 0 Å². The molecule has 3 heteroatoms. The van der Waals surface area contributed by atoms with Crippen molar-refractivity contribution in [1.82, 2.24) is 5.32 Å². The van der Waals surface area contributed by atoms with Gasteiger partial charge in [0.2, 0.25) is 5.91 Å². The normalized spacial score (nSPS) is 29.3. The largest absolute Gasteiger partial charge is 0.391 e. The molecule has 0 aliphatic heterocycles. The smallest absolute Gasteiger partial charge is 0.220 e. The Labute approximate surface area is 66.8 Å². The third kappa shape index (κ3) is 2.19. The molecule has 0 saturated heterocycles. The minimum absolute atomic E-state index is 0.0362. The van der Waals surface area contributed by atoms with Crippen molar-refractivity contribution < 1.29 is 9.90 Å². The van der Waals surface area contributed by atoms with Crippen molar-refractivity contribution in [3.8, 4) is 0 Å². The summed E-state index contributed by atoms with van der Waals surface area (Å²) in [7, 11) is 0. The first-order chi connectivity index (χ1) is 5.24. The molecule has 0 aromatic heterocycles. The lowest BCUT2D eigenvalue weighted by molar-refractivity contribution is -0.124. The van der Waals surface area contributed by atoms with Crippen LogP contribution in [0.1, 0.15) is 32.6 Å². The lowest BCUT2D eigenvalue weighted by Gasteiger charge is -2.32. The highest BCUT2D eigenvalue weighted by molar-refractivity contribution is 5.76. The van der Waals surface area contributed by atoms with Gasteiger partial charge in [0.05, 0.1) is 12.1 Å². The number of rotatable bonds is 3. The second kappa shape index (κ2) is 3.72. The molecule has 0 bridgehead atoms. The van der Waals surface area contributed by atoms with Crippen molar-refractivity contribution in [3.63, 3.8) is 0 Å². The summed E-state index contributed by atoms with van der Waals surface area (Å²) in [6.07, 6.45) is 2.90. The van der Waals surface area contributed by atoms with Gasteiger partial charge in [-0.25, -0.2) is 0 Å². The van der Waals surface area contributed by atoms with Crippen molar-refractivity contribution in [2.75, 3.05) is 0 Å². The number of carbonyl (C=O) groups is 1. The van der Waals surface area contributed by atoms with Crippen LogP contribution in [-0.4, -0.2) is 23.2 Å². The van der Waals surface area contributed by atoms with E-state index in [1.54, 1.807) is 0 Å². The van der Waals surface area contributed by atoms with Gasteiger partial charge < -0.3 is 10.4 Å². The van der Waals surface area contributed by atoms with E-state index in [1.807, 2.05) is 6.92 Å². The first-order valence-electron chi connectivity index (χ1n) is 4.21. The molecule has 1 aliphatic rings. The van der Waals surface area contributed by atoms with Crippen molar-refractivity contribution in [2.24, 2.45) is 0 Å². The van der Waals surface area contributed by atoms with E-state index < -0.39 is 0 Å². The average Bonchev–Trinajstić information content (AvgIpc) is 1.98. The molecule has 11 heavy (non-hydrogen) atoms. The fraction of sp³-hybridized carbons (Fsp3) is 0.875. The van der Waals surface area contributed by atoms with Crippen LogP contribution in [0, 0.1) is 0 Å². The average molecular weight is 157 g/mol. The summed E-state index contributed by atoms with van der Waals surface area (Å²) in [5, 5.41) is 11.9. The van der Waals surface area contributed by atoms with Gasteiger partial charge in [0.25, 0.3) is 0 Å². The van der Waals surface area contributed by atoms with Crippen LogP contribution < -0.4 is 5.32 Å². The van der Waals surface area contributed by atoms with Gasteiger partial charge in [0, 0.05) is 6.42 Å². The zero-order valence-corrected chi connectivity index (χ0v) is 6.84. The van der Waals surface area contributed by atoms with E-state index >= 15 is 0 Å². The number of aliphatic hydroxyl groups is 1. The van der Waals surface area contributed by atoms with Gasteiger partial charge in [-0.15, -0.1) is 0 Å². The summed E-state index contributed by atoms with van der Waals surface area (Å²) >= 11 is 0. The maximum Gasteiger partial charge on any atom is 0.220 e. The number of carbonyl (C=O) groups excluding carboxylic acids is 1. The van der Waals surface area contributed by atoms with E-state index in [0.29, 0.717) is 6.42 Å². The number of amides is 1. The van der Waals surface area contributed by atoms with Crippen molar-refractivity contribution >= 4 is 5.91 Å². The van der Waals surface area contributed by atoms with E-state index in [0.717, 1.165) is 19.3 Å². The van der Waals surface area contributed by atoms with E-state index in [2.05, 4.69) is 5.32 Å². The van der Waals surface area contributed by atoms with Crippen molar-refractivity contribution in [1.29, 1.82) is 0 Å². The molecular weight excluding hydrogens is 142 g/mol. The van der Waals surface area contributed by atoms with E-state index in [4.69, 9.17) is 5.11 Å². The predicted octanol–water partition coefficient (Wildman–Crippen LogP) is 0.426. The van der Waals surface area contributed by atoms with Crippen molar-refractivity contribution in [2.45, 2.75) is 44.8 Å². The van der Waals surface area contributed by atoms with E-state index in [-0.39, 0.29) is 18.1 Å². The fourth-order valence-electron chi connectivity index (χ4n) is 1.16. The van der Waals surface area contributed by atoms with Crippen LogP contribution in [0.15, 0.2) is 0 Å². The van der Waals surface area contributed by atoms with Crippen LogP contribution in [0.3, 0.4) is 0 Å². The van der Waals surface area contributed by atoms with Crippen LogP contribution in [0.5, 0.6) is 0 Å². The molecule has 1 rings (SSSR count). The number of hydrogen-bond acceptors (Lipinski definition) is 2. The monoisotopic (exact) mass is 157 g/mol. The summed E-state index contributed by atoms with van der Waals surface area (Å²) < 4.78 is 0. The van der Waals surface area contributed by atoms with Crippen LogP contribution in [0.25, 0.3) is 0 Å². The molecule has 0 aromatic rings. The molecule has 64 valence electrons. The summed E-state index contributed by atoms with van der Waals surface area (Å²) in [6, 6.07) is 0.0362. The number of aliphatic hydroxyl groups excluding tert-OH is 1. The molecule has 0 radical (unpaired) electrons. The molecule has 2 atom stereocenters. The second-order valence-corrected chi connectivity index (χ2v) is 3.07. The Morgan fingerprint density at radius 3 is 2.73 bits per heavy atom. The quantitative estimate of drug-likeness (QED) is 0.624. The molecule has 0 heterocycles. The van der Waals surface area contributed by atoms with E-state index in [9.17, 15) is 4.79 Å². The van der Waals surface area contributed by atoms with Crippen LogP contribution >= 0.6 is 0 Å².